The standard InChI is InChI=1S/C16H22N4O2/c1-3-17-15(21)16(2,20-6-8-22-9-7-20)12-4-5-13-14(10-12)19-11-18-13/h4-5,10-11H,3,6-9H2,1-2H3,(H,17,21)(H,18,19). The van der Waals surface area contributed by atoms with Crippen LogP contribution >= 0.6 is 0 Å². The van der Waals surface area contributed by atoms with Gasteiger partial charge in [-0.05, 0) is 31.5 Å². The number of carbonyl (C=O) groups is 1. The second kappa shape index (κ2) is 6.06. The quantitative estimate of drug-likeness (QED) is 0.891. The lowest BCUT2D eigenvalue weighted by Gasteiger charge is -2.42. The van der Waals surface area contributed by atoms with Gasteiger partial charge in [-0.2, -0.15) is 0 Å². The number of morpholine rings is 1. The number of H-pyrrole nitrogens is 1. The second-order valence-electron chi connectivity index (χ2n) is 5.67. The third-order valence-electron chi connectivity index (χ3n) is 4.41. The maximum Gasteiger partial charge on any atom is 0.244 e. The predicted octanol–water partition coefficient (Wildman–Crippen LogP) is 1.25. The van der Waals surface area contributed by atoms with Gasteiger partial charge in [0, 0.05) is 19.6 Å². The molecule has 1 aromatic carbocycles. The summed E-state index contributed by atoms with van der Waals surface area (Å²) in [6.45, 7) is 7.33. The lowest BCUT2D eigenvalue weighted by atomic mass is 9.88. The topological polar surface area (TPSA) is 70.2 Å². The number of aromatic nitrogens is 2. The molecule has 1 amide bonds. The average molecular weight is 302 g/mol. The zero-order valence-electron chi connectivity index (χ0n) is 13.1. The number of ether oxygens (including phenoxy) is 1. The molecule has 0 radical (unpaired) electrons. The normalized spacial score (nSPS) is 19.0. The number of hydrogen-bond donors (Lipinski definition) is 2. The number of carbonyl (C=O) groups excluding carboxylic acids is 1. The molecule has 0 bridgehead atoms. The summed E-state index contributed by atoms with van der Waals surface area (Å²) in [6.07, 6.45) is 1.67. The Bertz CT molecular complexity index is 663. The molecule has 1 aliphatic rings. The van der Waals surface area contributed by atoms with Gasteiger partial charge in [-0.25, -0.2) is 4.98 Å². The van der Waals surface area contributed by atoms with Gasteiger partial charge in [-0.3, -0.25) is 9.69 Å². The first kappa shape index (κ1) is 15.0. The summed E-state index contributed by atoms with van der Waals surface area (Å²) in [5, 5.41) is 2.97. The minimum atomic E-state index is -0.715. The van der Waals surface area contributed by atoms with Crippen molar-refractivity contribution in [2.45, 2.75) is 19.4 Å². The fraction of sp³-hybridized carbons (Fsp3) is 0.500. The van der Waals surface area contributed by atoms with Crippen molar-refractivity contribution in [2.24, 2.45) is 0 Å². The number of benzene rings is 1. The van der Waals surface area contributed by atoms with Crippen LogP contribution in [0.4, 0.5) is 0 Å². The van der Waals surface area contributed by atoms with Crippen LogP contribution in [-0.2, 0) is 15.1 Å². The molecule has 2 N–H and O–H groups in total. The number of fused-ring (bicyclic) bond motifs is 1. The van der Waals surface area contributed by atoms with Gasteiger partial charge in [-0.1, -0.05) is 6.07 Å². The summed E-state index contributed by atoms with van der Waals surface area (Å²) in [6, 6.07) is 5.98. The lowest BCUT2D eigenvalue weighted by Crippen LogP contribution is -2.57. The van der Waals surface area contributed by atoms with Gasteiger partial charge in [0.05, 0.1) is 30.6 Å². The fourth-order valence-corrected chi connectivity index (χ4v) is 3.04. The summed E-state index contributed by atoms with van der Waals surface area (Å²) in [4.78, 5) is 22.4. The van der Waals surface area contributed by atoms with Crippen LogP contribution in [0.3, 0.4) is 0 Å². The van der Waals surface area contributed by atoms with Crippen molar-refractivity contribution >= 4 is 16.9 Å². The fourth-order valence-electron chi connectivity index (χ4n) is 3.04. The number of amides is 1. The van der Waals surface area contributed by atoms with Crippen LogP contribution < -0.4 is 5.32 Å². The largest absolute Gasteiger partial charge is 0.379 e. The van der Waals surface area contributed by atoms with Gasteiger partial charge in [0.15, 0.2) is 0 Å². The zero-order chi connectivity index (χ0) is 15.6. The van der Waals surface area contributed by atoms with Crippen LogP contribution in [0.5, 0.6) is 0 Å². The highest BCUT2D eigenvalue weighted by Gasteiger charge is 2.41. The number of likely N-dealkylation sites (N-methyl/N-ethyl adjacent to an activating group) is 1. The van der Waals surface area contributed by atoms with Gasteiger partial charge in [0.2, 0.25) is 5.91 Å². The van der Waals surface area contributed by atoms with E-state index in [0.29, 0.717) is 19.8 Å². The summed E-state index contributed by atoms with van der Waals surface area (Å²) < 4.78 is 5.44. The van der Waals surface area contributed by atoms with E-state index in [9.17, 15) is 4.79 Å². The summed E-state index contributed by atoms with van der Waals surface area (Å²) >= 11 is 0. The predicted molar refractivity (Wildman–Crippen MR) is 84.5 cm³/mol. The molecule has 0 spiro atoms. The second-order valence-corrected chi connectivity index (χ2v) is 5.67. The minimum Gasteiger partial charge on any atom is -0.379 e. The van der Waals surface area contributed by atoms with E-state index < -0.39 is 5.54 Å². The smallest absolute Gasteiger partial charge is 0.244 e. The molecular weight excluding hydrogens is 280 g/mol. The van der Waals surface area contributed by atoms with Crippen molar-refractivity contribution < 1.29 is 9.53 Å². The van der Waals surface area contributed by atoms with Crippen LogP contribution in [-0.4, -0.2) is 53.6 Å². The van der Waals surface area contributed by atoms with E-state index in [-0.39, 0.29) is 5.91 Å². The maximum absolute atomic E-state index is 12.8. The van der Waals surface area contributed by atoms with Crippen molar-refractivity contribution in [1.82, 2.24) is 20.2 Å². The van der Waals surface area contributed by atoms with E-state index in [1.54, 1.807) is 6.33 Å². The van der Waals surface area contributed by atoms with Gasteiger partial charge < -0.3 is 15.0 Å². The van der Waals surface area contributed by atoms with Gasteiger partial charge in [-0.15, -0.1) is 0 Å². The summed E-state index contributed by atoms with van der Waals surface area (Å²) in [7, 11) is 0. The zero-order valence-corrected chi connectivity index (χ0v) is 13.1. The Morgan fingerprint density at radius 1 is 1.45 bits per heavy atom. The molecule has 6 nitrogen and oxygen atoms in total. The Labute approximate surface area is 129 Å². The first-order valence-corrected chi connectivity index (χ1v) is 7.71. The van der Waals surface area contributed by atoms with Crippen molar-refractivity contribution in [1.29, 1.82) is 0 Å². The molecule has 1 aromatic heterocycles. The number of rotatable bonds is 4. The Balaban J connectivity index is 2.04. The Hall–Kier alpha value is -1.92. The van der Waals surface area contributed by atoms with Crippen molar-refractivity contribution in [3.05, 3.63) is 30.1 Å². The molecule has 2 aromatic rings. The molecule has 1 saturated heterocycles. The van der Waals surface area contributed by atoms with Crippen LogP contribution in [0, 0.1) is 0 Å². The van der Waals surface area contributed by atoms with E-state index in [4.69, 9.17) is 4.74 Å². The molecular formula is C16H22N4O2. The number of imidazole rings is 1. The van der Waals surface area contributed by atoms with Crippen molar-refractivity contribution in [3.8, 4) is 0 Å². The highest BCUT2D eigenvalue weighted by atomic mass is 16.5. The summed E-state index contributed by atoms with van der Waals surface area (Å²) in [5.74, 6) is 0.0202. The highest BCUT2D eigenvalue weighted by Crippen LogP contribution is 2.31. The third kappa shape index (κ3) is 2.48. The van der Waals surface area contributed by atoms with Crippen LogP contribution in [0.25, 0.3) is 11.0 Å². The molecule has 0 aliphatic carbocycles. The number of aromatic amines is 1. The average Bonchev–Trinajstić information content (AvgIpc) is 3.02. The number of nitrogens with one attached hydrogen (secondary N) is 2. The Morgan fingerprint density at radius 3 is 2.95 bits per heavy atom. The molecule has 1 fully saturated rings. The number of hydrogen-bond acceptors (Lipinski definition) is 4. The van der Waals surface area contributed by atoms with E-state index in [2.05, 4.69) is 20.2 Å². The van der Waals surface area contributed by atoms with Crippen molar-refractivity contribution in [2.75, 3.05) is 32.8 Å². The van der Waals surface area contributed by atoms with E-state index in [1.807, 2.05) is 32.0 Å². The first-order valence-electron chi connectivity index (χ1n) is 7.71. The molecule has 3 rings (SSSR count). The van der Waals surface area contributed by atoms with Crippen LogP contribution in [0.15, 0.2) is 24.5 Å². The van der Waals surface area contributed by atoms with Gasteiger partial charge in [0.25, 0.3) is 0 Å². The molecule has 6 heteroatoms. The molecule has 1 aliphatic heterocycles. The lowest BCUT2D eigenvalue weighted by molar-refractivity contribution is -0.136. The SMILES string of the molecule is CCNC(=O)C(C)(c1ccc2[nH]cnc2c1)N1CCOCC1. The van der Waals surface area contributed by atoms with E-state index >= 15 is 0 Å². The Kier molecular flexibility index (Phi) is 4.13. The first-order chi connectivity index (χ1) is 10.7. The molecule has 118 valence electrons. The van der Waals surface area contributed by atoms with Crippen LogP contribution in [0.1, 0.15) is 19.4 Å². The van der Waals surface area contributed by atoms with Gasteiger partial charge >= 0.3 is 0 Å². The maximum atomic E-state index is 12.8. The van der Waals surface area contributed by atoms with Crippen LogP contribution in [0.2, 0.25) is 0 Å². The highest BCUT2D eigenvalue weighted by molar-refractivity contribution is 5.89. The molecule has 22 heavy (non-hydrogen) atoms. The molecule has 0 saturated carbocycles. The third-order valence-corrected chi connectivity index (χ3v) is 4.41. The summed E-state index contributed by atoms with van der Waals surface area (Å²) in [5.41, 5.74) is 2.10. The van der Waals surface area contributed by atoms with E-state index in [1.165, 1.54) is 0 Å². The van der Waals surface area contributed by atoms with E-state index in [0.717, 1.165) is 29.7 Å². The monoisotopic (exact) mass is 302 g/mol. The molecule has 1 unspecified atom stereocenters. The Morgan fingerprint density at radius 2 is 2.23 bits per heavy atom. The van der Waals surface area contributed by atoms with Gasteiger partial charge in [0.1, 0.15) is 5.54 Å². The minimum absolute atomic E-state index is 0.0202. The number of nitrogens with zero attached hydrogens (tertiary/aromatic N) is 2. The van der Waals surface area contributed by atoms with Crippen molar-refractivity contribution in [3.63, 3.8) is 0 Å². The molecule has 2 heterocycles. The molecule has 1 atom stereocenters.